The van der Waals surface area contributed by atoms with Crippen LogP contribution in [0.4, 0.5) is 0 Å². The first-order valence-corrected chi connectivity index (χ1v) is 7.97. The molecule has 0 radical (unpaired) electrons. The lowest BCUT2D eigenvalue weighted by molar-refractivity contribution is 1.41. The maximum absolute atomic E-state index is 8.79. The molecular formula is C14H7BrN2S2. The zero-order chi connectivity index (χ0) is 13.2. The van der Waals surface area contributed by atoms with Gasteiger partial charge in [0.1, 0.15) is 5.01 Å². The zero-order valence-electron chi connectivity index (χ0n) is 9.63. The van der Waals surface area contributed by atoms with Crippen LogP contribution in [0.1, 0.15) is 5.56 Å². The van der Waals surface area contributed by atoms with Gasteiger partial charge in [0.2, 0.25) is 0 Å². The lowest BCUT2D eigenvalue weighted by Gasteiger charge is -1.95. The molecule has 0 fully saturated rings. The Morgan fingerprint density at radius 2 is 1.89 bits per heavy atom. The molecule has 0 amide bonds. The highest BCUT2D eigenvalue weighted by atomic mass is 79.9. The van der Waals surface area contributed by atoms with E-state index in [2.05, 4.69) is 33.0 Å². The fraction of sp³-hybridized carbons (Fsp3) is 0. The minimum absolute atomic E-state index is 0.668. The van der Waals surface area contributed by atoms with E-state index in [9.17, 15) is 0 Å². The van der Waals surface area contributed by atoms with E-state index < -0.39 is 0 Å². The van der Waals surface area contributed by atoms with Gasteiger partial charge in [-0.15, -0.1) is 22.7 Å². The van der Waals surface area contributed by atoms with Crippen LogP contribution in [0.3, 0.4) is 0 Å². The fourth-order valence-electron chi connectivity index (χ4n) is 1.66. The summed E-state index contributed by atoms with van der Waals surface area (Å²) >= 11 is 6.77. The number of thiophene rings is 1. The summed E-state index contributed by atoms with van der Waals surface area (Å²) in [6.45, 7) is 0. The Bertz CT molecular complexity index is 750. The van der Waals surface area contributed by atoms with Crippen LogP contribution >= 0.6 is 38.6 Å². The van der Waals surface area contributed by atoms with Gasteiger partial charge in [0.05, 0.1) is 26.0 Å². The average Bonchev–Trinajstić information content (AvgIpc) is 3.07. The quantitative estimate of drug-likeness (QED) is 0.641. The smallest absolute Gasteiger partial charge is 0.134 e. The van der Waals surface area contributed by atoms with Crippen molar-refractivity contribution in [1.29, 1.82) is 5.26 Å². The SMILES string of the molecule is N#Cc1ccc(-c2csc(-c3ccc(Br)s3)n2)cc1. The van der Waals surface area contributed by atoms with Crippen LogP contribution in [0.15, 0.2) is 45.6 Å². The van der Waals surface area contributed by atoms with Crippen molar-refractivity contribution in [2.45, 2.75) is 0 Å². The van der Waals surface area contributed by atoms with Crippen molar-refractivity contribution >= 4 is 38.6 Å². The molecule has 0 aliphatic rings. The van der Waals surface area contributed by atoms with Crippen molar-refractivity contribution in [2.24, 2.45) is 0 Å². The molecule has 2 nitrogen and oxygen atoms in total. The summed E-state index contributed by atoms with van der Waals surface area (Å²) in [5, 5.41) is 11.9. The van der Waals surface area contributed by atoms with E-state index in [1.54, 1.807) is 22.7 Å². The Morgan fingerprint density at radius 1 is 1.11 bits per heavy atom. The Balaban J connectivity index is 1.94. The molecule has 0 N–H and O–H groups in total. The third-order valence-electron chi connectivity index (χ3n) is 2.60. The molecule has 3 aromatic rings. The van der Waals surface area contributed by atoms with Gasteiger partial charge in [-0.3, -0.25) is 0 Å². The van der Waals surface area contributed by atoms with Crippen molar-refractivity contribution < 1.29 is 0 Å². The number of halogens is 1. The van der Waals surface area contributed by atoms with Crippen molar-refractivity contribution in [3.63, 3.8) is 0 Å². The van der Waals surface area contributed by atoms with Gasteiger partial charge in [0, 0.05) is 10.9 Å². The number of thiazole rings is 1. The minimum atomic E-state index is 0.668. The maximum atomic E-state index is 8.79. The lowest BCUT2D eigenvalue weighted by atomic mass is 10.1. The van der Waals surface area contributed by atoms with E-state index in [1.807, 2.05) is 35.7 Å². The van der Waals surface area contributed by atoms with E-state index in [1.165, 1.54) is 0 Å². The second kappa shape index (κ2) is 5.25. The molecule has 0 spiro atoms. The van der Waals surface area contributed by atoms with Crippen LogP contribution in [-0.4, -0.2) is 4.98 Å². The molecule has 1 aromatic carbocycles. The summed E-state index contributed by atoms with van der Waals surface area (Å²) in [6, 6.07) is 13.7. The first-order valence-electron chi connectivity index (χ1n) is 5.48. The molecule has 19 heavy (non-hydrogen) atoms. The second-order valence-electron chi connectivity index (χ2n) is 3.83. The Kier molecular flexibility index (Phi) is 3.47. The summed E-state index contributed by atoms with van der Waals surface area (Å²) in [5.41, 5.74) is 2.66. The number of hydrogen-bond donors (Lipinski definition) is 0. The number of nitriles is 1. The minimum Gasteiger partial charge on any atom is -0.235 e. The summed E-state index contributed by atoms with van der Waals surface area (Å²) < 4.78 is 1.11. The third kappa shape index (κ3) is 2.61. The van der Waals surface area contributed by atoms with Crippen LogP contribution in [0, 0.1) is 11.3 Å². The Morgan fingerprint density at radius 3 is 2.53 bits per heavy atom. The predicted octanol–water partition coefficient (Wildman–Crippen LogP) is 5.17. The van der Waals surface area contributed by atoms with Gasteiger partial charge >= 0.3 is 0 Å². The lowest BCUT2D eigenvalue weighted by Crippen LogP contribution is -1.79. The van der Waals surface area contributed by atoms with E-state index in [0.29, 0.717) is 5.56 Å². The molecule has 2 aromatic heterocycles. The van der Waals surface area contributed by atoms with Crippen molar-refractivity contribution in [1.82, 2.24) is 4.98 Å². The number of hydrogen-bond acceptors (Lipinski definition) is 4. The number of benzene rings is 1. The molecule has 0 saturated heterocycles. The van der Waals surface area contributed by atoms with E-state index in [0.717, 1.165) is 24.9 Å². The standard InChI is InChI=1S/C14H7BrN2S2/c15-13-6-5-12(19-13)14-17-11(8-18-14)10-3-1-9(7-16)2-4-10/h1-6,8H. The highest BCUT2D eigenvalue weighted by Gasteiger charge is 2.08. The van der Waals surface area contributed by atoms with Gasteiger partial charge < -0.3 is 0 Å². The molecule has 0 saturated carbocycles. The summed E-state index contributed by atoms with van der Waals surface area (Å²) in [6.07, 6.45) is 0. The molecule has 5 heteroatoms. The first kappa shape index (κ1) is 12.5. The average molecular weight is 347 g/mol. The number of nitrogens with zero attached hydrogens (tertiary/aromatic N) is 2. The highest BCUT2D eigenvalue weighted by molar-refractivity contribution is 9.11. The number of rotatable bonds is 2. The second-order valence-corrected chi connectivity index (χ2v) is 7.15. The molecule has 0 bridgehead atoms. The molecule has 3 rings (SSSR count). The molecule has 2 heterocycles. The molecule has 0 atom stereocenters. The van der Waals surface area contributed by atoms with Gasteiger partial charge in [0.25, 0.3) is 0 Å². The molecule has 0 unspecified atom stereocenters. The fourth-order valence-corrected chi connectivity index (χ4v) is 3.95. The van der Waals surface area contributed by atoms with Gasteiger partial charge in [-0.2, -0.15) is 5.26 Å². The van der Waals surface area contributed by atoms with Gasteiger partial charge in [-0.1, -0.05) is 12.1 Å². The predicted molar refractivity (Wildman–Crippen MR) is 83.3 cm³/mol. The molecule has 0 aliphatic carbocycles. The third-order valence-corrected chi connectivity index (χ3v) is 5.23. The van der Waals surface area contributed by atoms with Crippen LogP contribution in [0.5, 0.6) is 0 Å². The van der Waals surface area contributed by atoms with Gasteiger partial charge in [0.15, 0.2) is 0 Å². The van der Waals surface area contributed by atoms with Crippen molar-refractivity contribution in [3.05, 3.63) is 51.1 Å². The molecule has 92 valence electrons. The summed E-state index contributed by atoms with van der Waals surface area (Å²) in [7, 11) is 0. The van der Waals surface area contributed by atoms with Gasteiger partial charge in [-0.05, 0) is 40.2 Å². The molecule has 0 aliphatic heterocycles. The topological polar surface area (TPSA) is 36.7 Å². The molecular weight excluding hydrogens is 340 g/mol. The number of aromatic nitrogens is 1. The summed E-state index contributed by atoms with van der Waals surface area (Å²) in [5.74, 6) is 0. The largest absolute Gasteiger partial charge is 0.235 e. The normalized spacial score (nSPS) is 10.3. The maximum Gasteiger partial charge on any atom is 0.134 e. The van der Waals surface area contributed by atoms with Crippen LogP contribution < -0.4 is 0 Å². The van der Waals surface area contributed by atoms with E-state index in [4.69, 9.17) is 5.26 Å². The first-order chi connectivity index (χ1) is 9.26. The van der Waals surface area contributed by atoms with Crippen LogP contribution in [0.2, 0.25) is 0 Å². The monoisotopic (exact) mass is 346 g/mol. The van der Waals surface area contributed by atoms with Crippen LogP contribution in [0.25, 0.3) is 21.1 Å². The van der Waals surface area contributed by atoms with E-state index in [-0.39, 0.29) is 0 Å². The summed E-state index contributed by atoms with van der Waals surface area (Å²) in [4.78, 5) is 5.81. The van der Waals surface area contributed by atoms with Gasteiger partial charge in [-0.25, -0.2) is 4.98 Å². The van der Waals surface area contributed by atoms with Crippen LogP contribution in [-0.2, 0) is 0 Å². The van der Waals surface area contributed by atoms with Crippen molar-refractivity contribution in [2.75, 3.05) is 0 Å². The van der Waals surface area contributed by atoms with E-state index >= 15 is 0 Å². The highest BCUT2D eigenvalue weighted by Crippen LogP contribution is 2.35. The zero-order valence-corrected chi connectivity index (χ0v) is 12.8. The Hall–Kier alpha value is -1.48. The van der Waals surface area contributed by atoms with Crippen molar-refractivity contribution in [3.8, 4) is 27.2 Å². The Labute approximate surface area is 127 Å².